The van der Waals surface area contributed by atoms with Gasteiger partial charge in [0.05, 0.1) is 6.54 Å². The summed E-state index contributed by atoms with van der Waals surface area (Å²) in [7, 11) is 0. The summed E-state index contributed by atoms with van der Waals surface area (Å²) in [5.74, 6) is 6.85. The number of thiophene rings is 1. The van der Waals surface area contributed by atoms with Crippen molar-refractivity contribution in [3.05, 3.63) is 51.2 Å². The molecule has 0 atom stereocenters. The molecule has 1 aromatic heterocycles. The molecule has 0 radical (unpaired) electrons. The second kappa shape index (κ2) is 6.86. The van der Waals surface area contributed by atoms with E-state index in [1.165, 1.54) is 9.77 Å². The van der Waals surface area contributed by atoms with Crippen LogP contribution in [0.4, 0.5) is 0 Å². The highest BCUT2D eigenvalue weighted by Gasteiger charge is 2.00. The predicted molar refractivity (Wildman–Crippen MR) is 81.3 cm³/mol. The van der Waals surface area contributed by atoms with Crippen molar-refractivity contribution in [2.45, 2.75) is 10.6 Å². The topological polar surface area (TPSA) is 26.0 Å². The van der Waals surface area contributed by atoms with E-state index in [0.29, 0.717) is 6.54 Å². The molecule has 0 amide bonds. The third kappa shape index (κ3) is 4.08. The summed E-state index contributed by atoms with van der Waals surface area (Å²) >= 11 is 9.38. The smallest absolute Gasteiger partial charge is 0.0555 e. The van der Waals surface area contributed by atoms with Crippen molar-refractivity contribution < 1.29 is 0 Å². The maximum absolute atomic E-state index is 5.85. The summed E-state index contributed by atoms with van der Waals surface area (Å²) in [5.41, 5.74) is 6.40. The van der Waals surface area contributed by atoms with Crippen LogP contribution in [0.1, 0.15) is 10.4 Å². The Labute approximate surface area is 120 Å². The van der Waals surface area contributed by atoms with E-state index in [0.717, 1.165) is 16.3 Å². The third-order valence-corrected chi connectivity index (χ3v) is 4.62. The highest BCUT2D eigenvalue weighted by atomic mass is 35.5. The molecule has 0 fully saturated rings. The van der Waals surface area contributed by atoms with E-state index in [9.17, 15) is 0 Å². The number of rotatable bonds is 3. The van der Waals surface area contributed by atoms with Gasteiger partial charge >= 0.3 is 0 Å². The van der Waals surface area contributed by atoms with Gasteiger partial charge in [0.2, 0.25) is 0 Å². The molecule has 0 saturated heterocycles. The van der Waals surface area contributed by atoms with Crippen LogP contribution in [0.25, 0.3) is 0 Å². The third-order valence-electron chi connectivity index (χ3n) is 2.18. The van der Waals surface area contributed by atoms with Crippen molar-refractivity contribution in [3.63, 3.8) is 0 Å². The SMILES string of the molecule is NCC#Cc1csc(CSc2ccc(Cl)cc2)c1. The van der Waals surface area contributed by atoms with Crippen LogP contribution in [0.2, 0.25) is 5.02 Å². The summed E-state index contributed by atoms with van der Waals surface area (Å²) in [6.45, 7) is 0.407. The molecule has 0 bridgehead atoms. The Morgan fingerprint density at radius 2 is 2.06 bits per heavy atom. The normalized spacial score (nSPS) is 9.89. The van der Waals surface area contributed by atoms with Gasteiger partial charge in [-0.05, 0) is 30.3 Å². The highest BCUT2D eigenvalue weighted by Crippen LogP contribution is 2.27. The van der Waals surface area contributed by atoms with Crippen LogP contribution in [0.15, 0.2) is 40.6 Å². The summed E-state index contributed by atoms with van der Waals surface area (Å²) < 4.78 is 0. The lowest BCUT2D eigenvalue weighted by atomic mass is 10.3. The molecule has 4 heteroatoms. The fraction of sp³-hybridized carbons (Fsp3) is 0.143. The Balaban J connectivity index is 1.94. The van der Waals surface area contributed by atoms with Crippen LogP contribution < -0.4 is 5.73 Å². The van der Waals surface area contributed by atoms with Crippen molar-refractivity contribution in [2.24, 2.45) is 5.73 Å². The number of benzene rings is 1. The summed E-state index contributed by atoms with van der Waals surface area (Å²) in [6.07, 6.45) is 0. The fourth-order valence-corrected chi connectivity index (χ4v) is 3.26. The molecule has 0 aliphatic rings. The van der Waals surface area contributed by atoms with E-state index in [2.05, 4.69) is 23.3 Å². The standard InChI is InChI=1S/C14H12ClNS2/c15-12-3-5-13(6-4-12)18-10-14-8-11(9-17-14)2-1-7-16/h3-6,8-9H,7,10,16H2. The molecule has 2 aromatic rings. The van der Waals surface area contributed by atoms with Crippen molar-refractivity contribution in [2.75, 3.05) is 6.54 Å². The minimum absolute atomic E-state index is 0.407. The number of hydrogen-bond acceptors (Lipinski definition) is 3. The van der Waals surface area contributed by atoms with Crippen LogP contribution in [-0.2, 0) is 5.75 Å². The molecule has 0 aliphatic heterocycles. The van der Waals surface area contributed by atoms with Crippen molar-refractivity contribution in [1.29, 1.82) is 0 Å². The zero-order chi connectivity index (χ0) is 12.8. The summed E-state index contributed by atoms with van der Waals surface area (Å²) in [6, 6.07) is 10.0. The molecule has 18 heavy (non-hydrogen) atoms. The Morgan fingerprint density at radius 3 is 2.78 bits per heavy atom. The first-order chi connectivity index (χ1) is 8.78. The first-order valence-electron chi connectivity index (χ1n) is 5.42. The van der Waals surface area contributed by atoms with Gasteiger partial charge in [-0.3, -0.25) is 0 Å². The first kappa shape index (κ1) is 13.5. The minimum Gasteiger partial charge on any atom is -0.320 e. The van der Waals surface area contributed by atoms with E-state index in [4.69, 9.17) is 17.3 Å². The maximum atomic E-state index is 5.85. The largest absolute Gasteiger partial charge is 0.320 e. The maximum Gasteiger partial charge on any atom is 0.0555 e. The lowest BCUT2D eigenvalue weighted by molar-refractivity contribution is 1.30. The quantitative estimate of drug-likeness (QED) is 0.684. The predicted octanol–water partition coefficient (Wildman–Crippen LogP) is 4.00. The van der Waals surface area contributed by atoms with Crippen LogP contribution in [0.3, 0.4) is 0 Å². The van der Waals surface area contributed by atoms with E-state index < -0.39 is 0 Å². The van der Waals surface area contributed by atoms with Crippen LogP contribution in [-0.4, -0.2) is 6.54 Å². The van der Waals surface area contributed by atoms with Crippen molar-refractivity contribution in [3.8, 4) is 11.8 Å². The lowest BCUT2D eigenvalue weighted by Crippen LogP contribution is -1.92. The van der Waals surface area contributed by atoms with Gasteiger partial charge in [0, 0.05) is 31.5 Å². The summed E-state index contributed by atoms with van der Waals surface area (Å²) in [4.78, 5) is 2.54. The van der Waals surface area contributed by atoms with E-state index in [1.807, 2.05) is 24.3 Å². The Morgan fingerprint density at radius 1 is 1.28 bits per heavy atom. The van der Waals surface area contributed by atoms with E-state index in [1.54, 1.807) is 23.1 Å². The van der Waals surface area contributed by atoms with Gasteiger partial charge in [-0.25, -0.2) is 0 Å². The first-order valence-corrected chi connectivity index (χ1v) is 7.67. The van der Waals surface area contributed by atoms with Crippen LogP contribution in [0, 0.1) is 11.8 Å². The van der Waals surface area contributed by atoms with Crippen molar-refractivity contribution in [1.82, 2.24) is 0 Å². The molecule has 1 aromatic carbocycles. The molecule has 0 saturated carbocycles. The van der Waals surface area contributed by atoms with E-state index in [-0.39, 0.29) is 0 Å². The molecule has 92 valence electrons. The number of hydrogen-bond donors (Lipinski definition) is 1. The van der Waals surface area contributed by atoms with Crippen LogP contribution in [0.5, 0.6) is 0 Å². The van der Waals surface area contributed by atoms with Gasteiger partial charge in [0.15, 0.2) is 0 Å². The number of thioether (sulfide) groups is 1. The fourth-order valence-electron chi connectivity index (χ4n) is 1.36. The van der Waals surface area contributed by atoms with Crippen LogP contribution >= 0.6 is 34.7 Å². The lowest BCUT2D eigenvalue weighted by Gasteiger charge is -1.99. The molecule has 0 unspecified atom stereocenters. The zero-order valence-electron chi connectivity index (χ0n) is 9.65. The minimum atomic E-state index is 0.407. The van der Waals surface area contributed by atoms with Gasteiger partial charge in [-0.15, -0.1) is 23.1 Å². The second-order valence-electron chi connectivity index (χ2n) is 3.55. The second-order valence-corrected chi connectivity index (χ2v) is 6.03. The molecule has 0 aliphatic carbocycles. The van der Waals surface area contributed by atoms with Gasteiger partial charge in [-0.2, -0.15) is 0 Å². The monoisotopic (exact) mass is 293 g/mol. The highest BCUT2D eigenvalue weighted by molar-refractivity contribution is 7.98. The molecule has 0 spiro atoms. The zero-order valence-corrected chi connectivity index (χ0v) is 12.0. The van der Waals surface area contributed by atoms with Gasteiger partial charge in [0.1, 0.15) is 0 Å². The van der Waals surface area contributed by atoms with Gasteiger partial charge in [-0.1, -0.05) is 23.4 Å². The molecular formula is C14H12ClNS2. The number of halogens is 1. The Kier molecular flexibility index (Phi) is 5.15. The molecule has 1 heterocycles. The Bertz CT molecular complexity index is 563. The average Bonchev–Trinajstić information content (AvgIpc) is 2.84. The van der Waals surface area contributed by atoms with Crippen molar-refractivity contribution >= 4 is 34.7 Å². The van der Waals surface area contributed by atoms with Gasteiger partial charge < -0.3 is 5.73 Å². The molecule has 2 rings (SSSR count). The molecule has 1 nitrogen and oxygen atoms in total. The summed E-state index contributed by atoms with van der Waals surface area (Å²) in [5, 5.41) is 2.84. The van der Waals surface area contributed by atoms with E-state index >= 15 is 0 Å². The molecule has 2 N–H and O–H groups in total. The van der Waals surface area contributed by atoms with Gasteiger partial charge in [0.25, 0.3) is 0 Å². The molecular weight excluding hydrogens is 282 g/mol. The average molecular weight is 294 g/mol. The number of nitrogens with two attached hydrogens (primary N) is 1. The Hall–Kier alpha value is -0.920.